The summed E-state index contributed by atoms with van der Waals surface area (Å²) in [6, 6.07) is 7.53. The van der Waals surface area contributed by atoms with E-state index < -0.39 is 0 Å². The van der Waals surface area contributed by atoms with Crippen LogP contribution in [-0.4, -0.2) is 11.9 Å². The Balaban J connectivity index is 2.98. The Morgan fingerprint density at radius 3 is 2.36 bits per heavy atom. The third kappa shape index (κ3) is 3.21. The van der Waals surface area contributed by atoms with Gasteiger partial charge in [0.2, 0.25) is 5.96 Å². The maximum Gasteiger partial charge on any atom is 0.223 e. The van der Waals surface area contributed by atoms with Crippen LogP contribution in [0.5, 0.6) is 0 Å². The topological polar surface area (TPSA) is 103 Å². The number of nitrogens with zero attached hydrogens (tertiary/aromatic N) is 2. The lowest BCUT2D eigenvalue weighted by Gasteiger charge is -1.98. The minimum absolute atomic E-state index is 0.0501. The Morgan fingerprint density at radius 2 is 1.79 bits per heavy atom. The first-order valence-corrected chi connectivity index (χ1v) is 4.86. The molecule has 0 aromatic heterocycles. The van der Waals surface area contributed by atoms with Crippen molar-refractivity contribution in [1.29, 1.82) is 0 Å². The van der Waals surface area contributed by atoms with Crippen LogP contribution in [0.25, 0.3) is 0 Å². The molecule has 74 valence electrons. The summed E-state index contributed by atoms with van der Waals surface area (Å²) in [4.78, 5) is 7.65. The highest BCUT2D eigenvalue weighted by Crippen LogP contribution is 2.19. The fourth-order valence-electron chi connectivity index (χ4n) is 0.823. The summed E-state index contributed by atoms with van der Waals surface area (Å²) >= 11 is 2.15. The van der Waals surface area contributed by atoms with Crippen molar-refractivity contribution in [2.45, 2.75) is 0 Å². The molecule has 6 N–H and O–H groups in total. The van der Waals surface area contributed by atoms with E-state index in [9.17, 15) is 0 Å². The van der Waals surface area contributed by atoms with Crippen LogP contribution in [0.4, 0.5) is 5.69 Å². The zero-order valence-electron chi connectivity index (χ0n) is 7.31. The summed E-state index contributed by atoms with van der Waals surface area (Å²) in [5.41, 5.74) is 16.5. The van der Waals surface area contributed by atoms with Crippen molar-refractivity contribution in [3.63, 3.8) is 0 Å². The summed E-state index contributed by atoms with van der Waals surface area (Å²) in [5.74, 6) is -0.0497. The van der Waals surface area contributed by atoms with Crippen molar-refractivity contribution in [1.82, 2.24) is 0 Å². The molecule has 0 aliphatic rings. The van der Waals surface area contributed by atoms with Crippen LogP contribution in [0.1, 0.15) is 0 Å². The second-order valence-electron chi connectivity index (χ2n) is 2.46. The first-order chi connectivity index (χ1) is 6.59. The molecule has 5 nitrogen and oxygen atoms in total. The monoisotopic (exact) mass is 303 g/mol. The van der Waals surface area contributed by atoms with E-state index in [4.69, 9.17) is 17.2 Å². The van der Waals surface area contributed by atoms with Crippen molar-refractivity contribution >= 4 is 40.2 Å². The third-order valence-electron chi connectivity index (χ3n) is 1.33. The predicted molar refractivity (Wildman–Crippen MR) is 66.3 cm³/mol. The first-order valence-electron chi connectivity index (χ1n) is 3.78. The van der Waals surface area contributed by atoms with E-state index in [1.54, 1.807) is 0 Å². The molecule has 0 aliphatic heterocycles. The molecule has 0 unspecified atom stereocenters. The van der Waals surface area contributed by atoms with E-state index in [1.807, 2.05) is 24.3 Å². The van der Waals surface area contributed by atoms with Crippen molar-refractivity contribution < 1.29 is 0 Å². The largest absolute Gasteiger partial charge is 0.370 e. The smallest absolute Gasteiger partial charge is 0.223 e. The Labute approximate surface area is 95.2 Å². The lowest BCUT2D eigenvalue weighted by atomic mass is 10.3. The zero-order chi connectivity index (χ0) is 10.6. The van der Waals surface area contributed by atoms with E-state index in [2.05, 4.69) is 32.6 Å². The number of guanidine groups is 2. The highest BCUT2D eigenvalue weighted by molar-refractivity contribution is 14.1. The first kappa shape index (κ1) is 10.8. The number of benzene rings is 1. The number of halogens is 1. The second kappa shape index (κ2) is 4.80. The fraction of sp³-hybridized carbons (Fsp3) is 0. The van der Waals surface area contributed by atoms with Crippen molar-refractivity contribution in [2.75, 3.05) is 0 Å². The number of rotatable bonds is 1. The quantitative estimate of drug-likeness (QED) is 0.400. The highest BCUT2D eigenvalue weighted by atomic mass is 127. The van der Waals surface area contributed by atoms with Crippen LogP contribution in [0.2, 0.25) is 0 Å². The Morgan fingerprint density at radius 1 is 1.14 bits per heavy atom. The van der Waals surface area contributed by atoms with Gasteiger partial charge in [0.1, 0.15) is 0 Å². The molecule has 0 aliphatic carbocycles. The number of aliphatic imine (C=N–C) groups is 2. The van der Waals surface area contributed by atoms with Crippen LogP contribution in [-0.2, 0) is 0 Å². The number of nitrogens with two attached hydrogens (primary N) is 3. The van der Waals surface area contributed by atoms with E-state index in [0.717, 1.165) is 9.26 Å². The molecule has 0 heterocycles. The van der Waals surface area contributed by atoms with E-state index in [1.165, 1.54) is 0 Å². The standard InChI is InChI=1S/C8H10IN5/c9-5-3-1-2-4-6(5)13-8(12)14-7(10)11/h1-4H,(H6,10,11,12,13,14). The van der Waals surface area contributed by atoms with Gasteiger partial charge in [-0.25, -0.2) is 4.99 Å². The van der Waals surface area contributed by atoms with E-state index in [-0.39, 0.29) is 11.9 Å². The highest BCUT2D eigenvalue weighted by Gasteiger charge is 1.96. The molecule has 0 amide bonds. The van der Waals surface area contributed by atoms with Gasteiger partial charge in [-0.15, -0.1) is 0 Å². The van der Waals surface area contributed by atoms with Crippen molar-refractivity contribution in [2.24, 2.45) is 27.2 Å². The fourth-order valence-corrected chi connectivity index (χ4v) is 1.33. The second-order valence-corrected chi connectivity index (χ2v) is 3.62. The third-order valence-corrected chi connectivity index (χ3v) is 2.24. The van der Waals surface area contributed by atoms with Gasteiger partial charge in [0.15, 0.2) is 5.96 Å². The molecule has 14 heavy (non-hydrogen) atoms. The van der Waals surface area contributed by atoms with Gasteiger partial charge in [-0.1, -0.05) is 12.1 Å². The van der Waals surface area contributed by atoms with Gasteiger partial charge < -0.3 is 17.2 Å². The Kier molecular flexibility index (Phi) is 3.69. The molecule has 1 aromatic carbocycles. The Bertz CT molecular complexity index is 381. The van der Waals surface area contributed by atoms with Gasteiger partial charge in [-0.2, -0.15) is 4.99 Å². The molecule has 0 saturated carbocycles. The van der Waals surface area contributed by atoms with Crippen LogP contribution < -0.4 is 17.2 Å². The minimum atomic E-state index is -0.0998. The van der Waals surface area contributed by atoms with Gasteiger partial charge in [-0.05, 0) is 34.7 Å². The van der Waals surface area contributed by atoms with Gasteiger partial charge in [0, 0.05) is 3.57 Å². The van der Waals surface area contributed by atoms with Crippen LogP contribution in [0, 0.1) is 3.57 Å². The average Bonchev–Trinajstić information content (AvgIpc) is 2.07. The molecule has 0 fully saturated rings. The normalized spacial score (nSPS) is 11.1. The van der Waals surface area contributed by atoms with Gasteiger partial charge in [-0.3, -0.25) is 0 Å². The molecule has 1 aromatic rings. The lowest BCUT2D eigenvalue weighted by Crippen LogP contribution is -2.26. The molecule has 0 radical (unpaired) electrons. The van der Waals surface area contributed by atoms with Crippen molar-refractivity contribution in [3.05, 3.63) is 27.8 Å². The SMILES string of the molecule is NC(N)=NC(N)=Nc1ccccc1I. The molecular weight excluding hydrogens is 293 g/mol. The summed E-state index contributed by atoms with van der Waals surface area (Å²) in [6.45, 7) is 0. The number of para-hydroxylation sites is 1. The van der Waals surface area contributed by atoms with Crippen LogP contribution in [0.15, 0.2) is 34.3 Å². The maximum atomic E-state index is 5.47. The van der Waals surface area contributed by atoms with Gasteiger partial charge in [0.05, 0.1) is 5.69 Å². The van der Waals surface area contributed by atoms with E-state index in [0.29, 0.717) is 0 Å². The number of hydrogen-bond acceptors (Lipinski definition) is 1. The molecule has 0 spiro atoms. The molecule has 0 atom stereocenters. The molecule has 1 rings (SSSR count). The molecule has 0 saturated heterocycles. The van der Waals surface area contributed by atoms with E-state index >= 15 is 0 Å². The molecular formula is C8H10IN5. The molecule has 0 bridgehead atoms. The summed E-state index contributed by atoms with van der Waals surface area (Å²) in [7, 11) is 0. The number of hydrogen-bond donors (Lipinski definition) is 3. The van der Waals surface area contributed by atoms with Crippen LogP contribution in [0.3, 0.4) is 0 Å². The minimum Gasteiger partial charge on any atom is -0.370 e. The van der Waals surface area contributed by atoms with Crippen molar-refractivity contribution in [3.8, 4) is 0 Å². The zero-order valence-corrected chi connectivity index (χ0v) is 9.47. The van der Waals surface area contributed by atoms with Gasteiger partial charge >= 0.3 is 0 Å². The Hall–Kier alpha value is -1.31. The predicted octanol–water partition coefficient (Wildman–Crippen LogP) is 0.511. The summed E-state index contributed by atoms with van der Waals surface area (Å²) < 4.78 is 0.985. The van der Waals surface area contributed by atoms with Crippen LogP contribution >= 0.6 is 22.6 Å². The summed E-state index contributed by atoms with van der Waals surface area (Å²) in [5, 5.41) is 0. The lowest BCUT2D eigenvalue weighted by molar-refractivity contribution is 1.37. The average molecular weight is 303 g/mol. The molecule has 6 heteroatoms. The maximum absolute atomic E-state index is 5.47. The summed E-state index contributed by atoms with van der Waals surface area (Å²) in [6.07, 6.45) is 0. The van der Waals surface area contributed by atoms with Gasteiger partial charge in [0.25, 0.3) is 0 Å².